The lowest BCUT2D eigenvalue weighted by molar-refractivity contribution is -0.274. The molecule has 0 aliphatic carbocycles. The van der Waals surface area contributed by atoms with Crippen LogP contribution >= 0.6 is 0 Å². The van der Waals surface area contributed by atoms with Crippen molar-refractivity contribution in [1.29, 1.82) is 0 Å². The molecule has 3 N–H and O–H groups in total. The molecule has 1 rings (SSSR count). The summed E-state index contributed by atoms with van der Waals surface area (Å²) >= 11 is 0. The van der Waals surface area contributed by atoms with E-state index in [4.69, 9.17) is 10.6 Å². The monoisotopic (exact) mass is 116 g/mol. The maximum absolute atomic E-state index is 5.61. The van der Waals surface area contributed by atoms with Gasteiger partial charge in [0.05, 0.1) is 5.54 Å². The second-order valence-electron chi connectivity index (χ2n) is 2.94. The molecule has 48 valence electrons. The number of hydrogen-bond donors (Lipinski definition) is 2. The minimum Gasteiger partial charge on any atom is -0.300 e. The molecule has 0 saturated carbocycles. The van der Waals surface area contributed by atoms with Crippen LogP contribution in [0.15, 0.2) is 0 Å². The summed E-state index contributed by atoms with van der Waals surface area (Å²) < 4.78 is 0. The smallest absolute Gasteiger partial charge is 0.154 e. The van der Waals surface area contributed by atoms with E-state index in [-0.39, 0.29) is 5.54 Å². The first-order chi connectivity index (χ1) is 3.46. The molecule has 1 aliphatic heterocycles. The third-order valence-corrected chi connectivity index (χ3v) is 1.76. The molecule has 1 unspecified atom stereocenters. The van der Waals surface area contributed by atoms with E-state index in [1.807, 2.05) is 20.8 Å². The lowest BCUT2D eigenvalue weighted by Gasteiger charge is -2.50. The average Bonchev–Trinajstić information content (AvgIpc) is 1.64. The van der Waals surface area contributed by atoms with Gasteiger partial charge in [0.25, 0.3) is 0 Å². The van der Waals surface area contributed by atoms with Crippen LogP contribution in [0.25, 0.3) is 0 Å². The Hall–Kier alpha value is -0.120. The maximum Gasteiger partial charge on any atom is 0.154 e. The quantitative estimate of drug-likeness (QED) is 0.467. The zero-order valence-corrected chi connectivity index (χ0v) is 5.49. The van der Waals surface area contributed by atoms with Gasteiger partial charge in [0.1, 0.15) is 0 Å². The fourth-order valence-electron chi connectivity index (χ4n) is 0.416. The van der Waals surface area contributed by atoms with Crippen molar-refractivity contribution in [2.45, 2.75) is 32.0 Å². The van der Waals surface area contributed by atoms with Crippen LogP contribution in [0.1, 0.15) is 20.8 Å². The molecule has 0 aromatic rings. The minimum atomic E-state index is -0.493. The van der Waals surface area contributed by atoms with Gasteiger partial charge in [-0.2, -0.15) is 5.48 Å². The Bertz CT molecular complexity index is 95.0. The molecule has 3 heteroatoms. The summed E-state index contributed by atoms with van der Waals surface area (Å²) in [6, 6.07) is 0. The first kappa shape index (κ1) is 6.01. The molecular weight excluding hydrogens is 104 g/mol. The van der Waals surface area contributed by atoms with Crippen molar-refractivity contribution in [3.8, 4) is 0 Å². The maximum atomic E-state index is 5.61. The SMILES string of the molecule is CC1(C)NOC1(C)N. The van der Waals surface area contributed by atoms with E-state index in [9.17, 15) is 0 Å². The van der Waals surface area contributed by atoms with Crippen LogP contribution in [0.5, 0.6) is 0 Å². The molecule has 1 heterocycles. The van der Waals surface area contributed by atoms with E-state index < -0.39 is 5.72 Å². The zero-order valence-electron chi connectivity index (χ0n) is 5.49. The highest BCUT2D eigenvalue weighted by Gasteiger charge is 2.48. The highest BCUT2D eigenvalue weighted by molar-refractivity contribution is 4.97. The molecule has 3 nitrogen and oxygen atoms in total. The third-order valence-electron chi connectivity index (χ3n) is 1.76. The van der Waals surface area contributed by atoms with E-state index in [1.165, 1.54) is 0 Å². The van der Waals surface area contributed by atoms with Crippen molar-refractivity contribution in [3.63, 3.8) is 0 Å². The first-order valence-corrected chi connectivity index (χ1v) is 2.70. The van der Waals surface area contributed by atoms with Crippen molar-refractivity contribution in [2.75, 3.05) is 0 Å². The van der Waals surface area contributed by atoms with Crippen LogP contribution in [-0.2, 0) is 4.84 Å². The van der Waals surface area contributed by atoms with E-state index >= 15 is 0 Å². The molecule has 1 atom stereocenters. The van der Waals surface area contributed by atoms with Crippen LogP contribution in [0.4, 0.5) is 0 Å². The van der Waals surface area contributed by atoms with Crippen molar-refractivity contribution in [2.24, 2.45) is 5.73 Å². The summed E-state index contributed by atoms with van der Waals surface area (Å²) in [5, 5.41) is 0. The summed E-state index contributed by atoms with van der Waals surface area (Å²) in [7, 11) is 0. The average molecular weight is 116 g/mol. The van der Waals surface area contributed by atoms with Gasteiger partial charge >= 0.3 is 0 Å². The van der Waals surface area contributed by atoms with Crippen LogP contribution in [0, 0.1) is 0 Å². The second kappa shape index (κ2) is 1.23. The third kappa shape index (κ3) is 0.555. The number of hydroxylamine groups is 1. The Morgan fingerprint density at radius 2 is 1.75 bits per heavy atom. The minimum absolute atomic E-state index is 0.0764. The number of nitrogens with two attached hydrogens (primary N) is 1. The fourth-order valence-corrected chi connectivity index (χ4v) is 0.416. The van der Waals surface area contributed by atoms with Gasteiger partial charge in [0.15, 0.2) is 5.72 Å². The van der Waals surface area contributed by atoms with Gasteiger partial charge in [-0.15, -0.1) is 0 Å². The predicted molar refractivity (Wildman–Crippen MR) is 30.9 cm³/mol. The molecule has 1 saturated heterocycles. The van der Waals surface area contributed by atoms with Gasteiger partial charge < -0.3 is 5.73 Å². The van der Waals surface area contributed by atoms with Crippen LogP contribution in [0.3, 0.4) is 0 Å². The molecule has 8 heavy (non-hydrogen) atoms. The molecule has 0 radical (unpaired) electrons. The summed E-state index contributed by atoms with van der Waals surface area (Å²) in [5.41, 5.74) is 7.80. The molecule has 0 bridgehead atoms. The summed E-state index contributed by atoms with van der Waals surface area (Å²) in [4.78, 5) is 4.86. The van der Waals surface area contributed by atoms with Crippen LogP contribution in [-0.4, -0.2) is 11.3 Å². The van der Waals surface area contributed by atoms with Gasteiger partial charge in [0, 0.05) is 0 Å². The Morgan fingerprint density at radius 1 is 1.38 bits per heavy atom. The van der Waals surface area contributed by atoms with E-state index in [0.29, 0.717) is 0 Å². The summed E-state index contributed by atoms with van der Waals surface area (Å²) in [6.07, 6.45) is 0. The van der Waals surface area contributed by atoms with Crippen molar-refractivity contribution >= 4 is 0 Å². The highest BCUT2D eigenvalue weighted by Crippen LogP contribution is 2.27. The molecule has 0 spiro atoms. The summed E-state index contributed by atoms with van der Waals surface area (Å²) in [5.74, 6) is 0. The molecule has 0 amide bonds. The first-order valence-electron chi connectivity index (χ1n) is 2.70. The van der Waals surface area contributed by atoms with Gasteiger partial charge in [-0.25, -0.2) is 0 Å². The molecular formula is C5H12N2O. The van der Waals surface area contributed by atoms with E-state index in [1.54, 1.807) is 0 Å². The van der Waals surface area contributed by atoms with E-state index in [0.717, 1.165) is 0 Å². The lowest BCUT2D eigenvalue weighted by atomic mass is 9.91. The van der Waals surface area contributed by atoms with Crippen molar-refractivity contribution in [1.82, 2.24) is 5.48 Å². The predicted octanol–water partition coefficient (Wildman–Crippen LogP) is -0.0253. The Balaban J connectivity index is 2.63. The van der Waals surface area contributed by atoms with Crippen molar-refractivity contribution in [3.05, 3.63) is 0 Å². The topological polar surface area (TPSA) is 47.3 Å². The Morgan fingerprint density at radius 3 is 1.75 bits per heavy atom. The largest absolute Gasteiger partial charge is 0.300 e. The number of nitrogens with one attached hydrogen (secondary N) is 1. The normalized spacial score (nSPS) is 43.5. The van der Waals surface area contributed by atoms with Gasteiger partial charge in [-0.05, 0) is 20.8 Å². The highest BCUT2D eigenvalue weighted by atomic mass is 16.7. The molecule has 1 aliphatic rings. The van der Waals surface area contributed by atoms with E-state index in [2.05, 4.69) is 5.48 Å². The van der Waals surface area contributed by atoms with Crippen LogP contribution in [0.2, 0.25) is 0 Å². The zero-order chi connectivity index (χ0) is 6.41. The lowest BCUT2D eigenvalue weighted by Crippen LogP contribution is -2.76. The summed E-state index contributed by atoms with van der Waals surface area (Å²) in [6.45, 7) is 5.84. The Labute approximate surface area is 49.2 Å². The Kier molecular flexibility index (Phi) is 0.927. The fraction of sp³-hybridized carbons (Fsp3) is 1.00. The standard InChI is InChI=1S/C5H12N2O/c1-4(2)5(3,6)8-7-4/h7H,6H2,1-3H3. The second-order valence-corrected chi connectivity index (χ2v) is 2.94. The number of rotatable bonds is 0. The molecule has 0 aromatic carbocycles. The molecule has 0 aromatic heterocycles. The van der Waals surface area contributed by atoms with Gasteiger partial charge in [0.2, 0.25) is 0 Å². The van der Waals surface area contributed by atoms with Crippen LogP contribution < -0.4 is 11.2 Å². The molecule has 1 fully saturated rings. The van der Waals surface area contributed by atoms with Crippen molar-refractivity contribution < 1.29 is 4.84 Å². The van der Waals surface area contributed by atoms with Gasteiger partial charge in [-0.1, -0.05) is 0 Å². The van der Waals surface area contributed by atoms with Gasteiger partial charge in [-0.3, -0.25) is 4.84 Å². The number of hydrogen-bond acceptors (Lipinski definition) is 3.